The Hall–Kier alpha value is -0.320. The lowest BCUT2D eigenvalue weighted by Crippen LogP contribution is -2.54. The highest BCUT2D eigenvalue weighted by molar-refractivity contribution is 5.85. The molecule has 0 aromatic heterocycles. The number of carbonyl (C=O) groups excluding carboxylic acids is 1. The van der Waals surface area contributed by atoms with Crippen molar-refractivity contribution in [2.45, 2.75) is 58.5 Å². The Bertz CT molecular complexity index is 284. The molecule has 1 aliphatic rings. The van der Waals surface area contributed by atoms with Gasteiger partial charge in [-0.1, -0.05) is 27.2 Å². The summed E-state index contributed by atoms with van der Waals surface area (Å²) in [6.45, 7) is 9.21. The molecule has 4 nitrogen and oxygen atoms in total. The number of unbranched alkanes of at least 4 members (excludes halogenated alkanes) is 1. The van der Waals surface area contributed by atoms with Crippen LogP contribution in [0.2, 0.25) is 0 Å². The average Bonchev–Trinajstić information content (AvgIpc) is 2.37. The van der Waals surface area contributed by atoms with E-state index in [1.165, 1.54) is 6.42 Å². The zero-order chi connectivity index (χ0) is 14.4. The van der Waals surface area contributed by atoms with E-state index in [1.54, 1.807) is 7.11 Å². The van der Waals surface area contributed by atoms with E-state index in [9.17, 15) is 4.79 Å². The largest absolute Gasteiger partial charge is 0.368 e. The van der Waals surface area contributed by atoms with Gasteiger partial charge in [-0.2, -0.15) is 0 Å². The molecule has 0 aromatic rings. The first-order valence-corrected chi connectivity index (χ1v) is 7.44. The summed E-state index contributed by atoms with van der Waals surface area (Å²) in [6, 6.07) is 0. The van der Waals surface area contributed by atoms with Gasteiger partial charge in [0.25, 0.3) is 5.91 Å². The first-order chi connectivity index (χ1) is 8.90. The summed E-state index contributed by atoms with van der Waals surface area (Å²) in [5, 5.41) is 6.30. The van der Waals surface area contributed by atoms with Crippen LogP contribution in [0.15, 0.2) is 0 Å². The maximum Gasteiger partial charge on any atom is 0.252 e. The van der Waals surface area contributed by atoms with Crippen LogP contribution in [0.5, 0.6) is 0 Å². The van der Waals surface area contributed by atoms with Crippen LogP contribution in [0.4, 0.5) is 0 Å². The molecule has 0 atom stereocenters. The molecule has 0 aromatic carbocycles. The highest BCUT2D eigenvalue weighted by Gasteiger charge is 2.39. The molecule has 1 rings (SSSR count). The van der Waals surface area contributed by atoms with Crippen molar-refractivity contribution < 1.29 is 9.53 Å². The minimum atomic E-state index is -0.602. The van der Waals surface area contributed by atoms with Crippen LogP contribution in [0, 0.1) is 5.41 Å². The van der Waals surface area contributed by atoms with Gasteiger partial charge in [-0.3, -0.25) is 4.79 Å². The number of methoxy groups -OCH3 is 1. The van der Waals surface area contributed by atoms with Gasteiger partial charge in [0.05, 0.1) is 0 Å². The first kappa shape index (κ1) is 19.7. The molecular formula is C15H31ClN2O2. The van der Waals surface area contributed by atoms with Crippen molar-refractivity contribution in [3.8, 4) is 0 Å². The molecule has 0 spiro atoms. The van der Waals surface area contributed by atoms with Gasteiger partial charge >= 0.3 is 0 Å². The standard InChI is InChI=1S/C15H30N2O2.ClH/c1-14(2,3)7-5-6-10-17-13(18)15(19-4)8-11-16-12-9-15;/h16H,5-12H2,1-4H3,(H,17,18);1H. The second-order valence-corrected chi connectivity index (χ2v) is 6.72. The Balaban J connectivity index is 0.00000361. The first-order valence-electron chi connectivity index (χ1n) is 7.44. The van der Waals surface area contributed by atoms with Gasteiger partial charge in [0.1, 0.15) is 5.60 Å². The van der Waals surface area contributed by atoms with Crippen LogP contribution in [0.25, 0.3) is 0 Å². The Morgan fingerprint density at radius 1 is 1.25 bits per heavy atom. The van der Waals surface area contributed by atoms with E-state index < -0.39 is 5.60 Å². The molecule has 1 amide bonds. The monoisotopic (exact) mass is 306 g/mol. The Morgan fingerprint density at radius 2 is 1.85 bits per heavy atom. The van der Waals surface area contributed by atoms with Gasteiger partial charge < -0.3 is 15.4 Å². The molecule has 5 heteroatoms. The molecule has 0 unspecified atom stereocenters. The second kappa shape index (κ2) is 8.85. The maximum atomic E-state index is 12.2. The van der Waals surface area contributed by atoms with E-state index in [2.05, 4.69) is 31.4 Å². The predicted octanol–water partition coefficient (Wildman–Crippen LogP) is 2.51. The van der Waals surface area contributed by atoms with Crippen LogP contribution >= 0.6 is 12.4 Å². The van der Waals surface area contributed by atoms with Crippen molar-refractivity contribution in [2.75, 3.05) is 26.7 Å². The summed E-state index contributed by atoms with van der Waals surface area (Å²) >= 11 is 0. The second-order valence-electron chi connectivity index (χ2n) is 6.72. The smallest absolute Gasteiger partial charge is 0.252 e. The number of hydrogen-bond acceptors (Lipinski definition) is 3. The fourth-order valence-corrected chi connectivity index (χ4v) is 2.50. The SMILES string of the molecule is COC1(C(=O)NCCCCC(C)(C)C)CCNCC1.Cl. The summed E-state index contributed by atoms with van der Waals surface area (Å²) in [5.74, 6) is 0.0623. The number of hydrogen-bond donors (Lipinski definition) is 2. The van der Waals surface area contributed by atoms with Gasteiger partial charge in [-0.05, 0) is 44.2 Å². The minimum Gasteiger partial charge on any atom is -0.368 e. The third kappa shape index (κ3) is 6.42. The summed E-state index contributed by atoms with van der Waals surface area (Å²) in [4.78, 5) is 12.2. The Labute approximate surface area is 129 Å². The number of nitrogens with one attached hydrogen (secondary N) is 2. The van der Waals surface area contributed by atoms with Crippen molar-refractivity contribution in [1.82, 2.24) is 10.6 Å². The fourth-order valence-electron chi connectivity index (χ4n) is 2.50. The van der Waals surface area contributed by atoms with E-state index >= 15 is 0 Å². The van der Waals surface area contributed by atoms with E-state index in [0.29, 0.717) is 5.41 Å². The average molecular weight is 307 g/mol. The van der Waals surface area contributed by atoms with Gasteiger partial charge in [-0.25, -0.2) is 0 Å². The Kier molecular flexibility index (Phi) is 8.71. The fraction of sp³-hybridized carbons (Fsp3) is 0.933. The van der Waals surface area contributed by atoms with Crippen molar-refractivity contribution in [1.29, 1.82) is 0 Å². The van der Waals surface area contributed by atoms with Gasteiger partial charge in [-0.15, -0.1) is 12.4 Å². The number of piperidine rings is 1. The van der Waals surface area contributed by atoms with E-state index in [-0.39, 0.29) is 18.3 Å². The number of halogens is 1. The lowest BCUT2D eigenvalue weighted by molar-refractivity contribution is -0.146. The van der Waals surface area contributed by atoms with Crippen LogP contribution in [0.3, 0.4) is 0 Å². The molecule has 1 heterocycles. The molecule has 0 bridgehead atoms. The molecule has 2 N–H and O–H groups in total. The molecule has 1 fully saturated rings. The van der Waals surface area contributed by atoms with E-state index in [0.717, 1.165) is 45.3 Å². The number of ether oxygens (including phenoxy) is 1. The van der Waals surface area contributed by atoms with Crippen molar-refractivity contribution in [2.24, 2.45) is 5.41 Å². The van der Waals surface area contributed by atoms with E-state index in [4.69, 9.17) is 4.74 Å². The highest BCUT2D eigenvalue weighted by atomic mass is 35.5. The van der Waals surface area contributed by atoms with Crippen LogP contribution < -0.4 is 10.6 Å². The normalized spacial score (nSPS) is 18.2. The number of amides is 1. The van der Waals surface area contributed by atoms with Gasteiger partial charge in [0.2, 0.25) is 0 Å². The van der Waals surface area contributed by atoms with Crippen LogP contribution in [0.1, 0.15) is 52.9 Å². The highest BCUT2D eigenvalue weighted by Crippen LogP contribution is 2.23. The zero-order valence-corrected chi connectivity index (χ0v) is 14.2. The third-order valence-electron chi connectivity index (χ3n) is 3.85. The quantitative estimate of drug-likeness (QED) is 0.741. The van der Waals surface area contributed by atoms with Gasteiger partial charge in [0, 0.05) is 13.7 Å². The number of carbonyl (C=O) groups is 1. The van der Waals surface area contributed by atoms with Gasteiger partial charge in [0.15, 0.2) is 0 Å². The summed E-state index contributed by atoms with van der Waals surface area (Å²) in [5.41, 5.74) is -0.220. The van der Waals surface area contributed by atoms with Crippen LogP contribution in [-0.4, -0.2) is 38.3 Å². The molecule has 1 aliphatic heterocycles. The molecular weight excluding hydrogens is 276 g/mol. The Morgan fingerprint density at radius 3 is 2.35 bits per heavy atom. The minimum absolute atomic E-state index is 0. The molecule has 0 radical (unpaired) electrons. The van der Waals surface area contributed by atoms with E-state index in [1.807, 2.05) is 0 Å². The molecule has 1 saturated heterocycles. The zero-order valence-electron chi connectivity index (χ0n) is 13.4. The topological polar surface area (TPSA) is 50.4 Å². The van der Waals surface area contributed by atoms with Crippen molar-refractivity contribution >= 4 is 18.3 Å². The molecule has 20 heavy (non-hydrogen) atoms. The lowest BCUT2D eigenvalue weighted by atomic mass is 9.89. The van der Waals surface area contributed by atoms with Crippen molar-refractivity contribution in [3.63, 3.8) is 0 Å². The summed E-state index contributed by atoms with van der Waals surface area (Å²) < 4.78 is 5.50. The third-order valence-corrected chi connectivity index (χ3v) is 3.85. The molecule has 120 valence electrons. The van der Waals surface area contributed by atoms with Crippen molar-refractivity contribution in [3.05, 3.63) is 0 Å². The maximum absolute atomic E-state index is 12.2. The molecule has 0 aliphatic carbocycles. The van der Waals surface area contributed by atoms with Crippen LogP contribution in [-0.2, 0) is 9.53 Å². The summed E-state index contributed by atoms with van der Waals surface area (Å²) in [6.07, 6.45) is 4.92. The molecule has 0 saturated carbocycles. The number of rotatable bonds is 6. The summed E-state index contributed by atoms with van der Waals surface area (Å²) in [7, 11) is 1.64. The lowest BCUT2D eigenvalue weighted by Gasteiger charge is -2.34. The predicted molar refractivity (Wildman–Crippen MR) is 85.4 cm³/mol.